The van der Waals surface area contributed by atoms with Crippen molar-refractivity contribution in [2.24, 2.45) is 5.92 Å². The molecule has 1 unspecified atom stereocenters. The van der Waals surface area contributed by atoms with Gasteiger partial charge in [0.1, 0.15) is 0 Å². The average Bonchev–Trinajstić information content (AvgIpc) is 2.86. The van der Waals surface area contributed by atoms with E-state index in [0.717, 1.165) is 31.5 Å². The van der Waals surface area contributed by atoms with Crippen molar-refractivity contribution < 1.29 is 9.90 Å². The van der Waals surface area contributed by atoms with Gasteiger partial charge in [-0.1, -0.05) is 23.7 Å². The summed E-state index contributed by atoms with van der Waals surface area (Å²) in [5.74, 6) is 0.577. The van der Waals surface area contributed by atoms with Crippen LogP contribution in [0.4, 0.5) is 0 Å². The zero-order valence-electron chi connectivity index (χ0n) is 11.5. The van der Waals surface area contributed by atoms with Gasteiger partial charge in [-0.25, -0.2) is 0 Å². The van der Waals surface area contributed by atoms with Crippen LogP contribution in [0, 0.1) is 5.92 Å². The van der Waals surface area contributed by atoms with Gasteiger partial charge in [0.25, 0.3) is 0 Å². The second kappa shape index (κ2) is 7.62. The summed E-state index contributed by atoms with van der Waals surface area (Å²) in [5.41, 5.74) is 1.04. The maximum absolute atomic E-state index is 11.9. The van der Waals surface area contributed by atoms with Gasteiger partial charge in [0.05, 0.1) is 6.54 Å². The minimum absolute atomic E-state index is 0.0459. The van der Waals surface area contributed by atoms with Gasteiger partial charge in [-0.2, -0.15) is 0 Å². The second-order valence-electron chi connectivity index (χ2n) is 5.31. The molecular formula is C15H21ClN2O2. The van der Waals surface area contributed by atoms with E-state index in [1.165, 1.54) is 0 Å². The lowest BCUT2D eigenvalue weighted by atomic mass is 10.1. The van der Waals surface area contributed by atoms with Crippen LogP contribution in [0.25, 0.3) is 0 Å². The van der Waals surface area contributed by atoms with Crippen LogP contribution < -0.4 is 5.32 Å². The summed E-state index contributed by atoms with van der Waals surface area (Å²) >= 11 is 5.82. The van der Waals surface area contributed by atoms with Gasteiger partial charge in [0.15, 0.2) is 0 Å². The van der Waals surface area contributed by atoms with Crippen LogP contribution in [0.5, 0.6) is 0 Å². The Morgan fingerprint density at radius 3 is 2.85 bits per heavy atom. The third-order valence-electron chi connectivity index (χ3n) is 3.68. The Balaban J connectivity index is 1.69. The van der Waals surface area contributed by atoms with Crippen molar-refractivity contribution in [2.75, 3.05) is 26.2 Å². The Bertz CT molecular complexity index is 436. The number of benzene rings is 1. The van der Waals surface area contributed by atoms with E-state index in [4.69, 9.17) is 16.7 Å². The van der Waals surface area contributed by atoms with E-state index in [-0.39, 0.29) is 12.5 Å². The fourth-order valence-electron chi connectivity index (χ4n) is 2.54. The molecule has 1 aromatic carbocycles. The van der Waals surface area contributed by atoms with Crippen molar-refractivity contribution in [2.45, 2.75) is 19.4 Å². The van der Waals surface area contributed by atoms with Gasteiger partial charge < -0.3 is 10.4 Å². The number of nitrogens with zero attached hydrogens (tertiary/aromatic N) is 1. The summed E-state index contributed by atoms with van der Waals surface area (Å²) in [4.78, 5) is 14.0. The lowest BCUT2D eigenvalue weighted by Gasteiger charge is -2.15. The van der Waals surface area contributed by atoms with Gasteiger partial charge >= 0.3 is 0 Å². The van der Waals surface area contributed by atoms with E-state index in [1.54, 1.807) is 0 Å². The highest BCUT2D eigenvalue weighted by atomic mass is 35.5. The number of hydrogen-bond acceptors (Lipinski definition) is 3. The number of nitrogens with one attached hydrogen (secondary N) is 1. The van der Waals surface area contributed by atoms with Crippen LogP contribution in [0.15, 0.2) is 24.3 Å². The van der Waals surface area contributed by atoms with Crippen LogP contribution in [0.2, 0.25) is 5.02 Å². The highest BCUT2D eigenvalue weighted by Crippen LogP contribution is 2.18. The van der Waals surface area contributed by atoms with Crippen LogP contribution in [-0.4, -0.2) is 42.2 Å². The molecule has 1 aliphatic rings. The topological polar surface area (TPSA) is 52.6 Å². The Hall–Kier alpha value is -1.10. The molecule has 0 aliphatic carbocycles. The molecule has 0 spiro atoms. The standard InChI is InChI=1S/C15H21ClN2O2/c16-14-3-1-12(2-4-14)9-17-15(20)11-18-7-5-13(10-18)6-8-19/h1-4,13,19H,5-11H2,(H,17,20). The average molecular weight is 297 g/mol. The molecule has 1 heterocycles. The predicted octanol–water partition coefficient (Wildman–Crippen LogP) is 1.66. The van der Waals surface area contributed by atoms with Gasteiger partial charge in [-0.15, -0.1) is 0 Å². The van der Waals surface area contributed by atoms with Crippen molar-refractivity contribution in [1.29, 1.82) is 0 Å². The minimum atomic E-state index is 0.0459. The molecule has 110 valence electrons. The highest BCUT2D eigenvalue weighted by Gasteiger charge is 2.23. The number of aliphatic hydroxyl groups is 1. The summed E-state index contributed by atoms with van der Waals surface area (Å²) < 4.78 is 0. The van der Waals surface area contributed by atoms with Crippen LogP contribution in [0.1, 0.15) is 18.4 Å². The molecule has 1 atom stereocenters. The summed E-state index contributed by atoms with van der Waals surface area (Å²) in [7, 11) is 0. The van der Waals surface area contributed by atoms with Gasteiger partial charge in [0, 0.05) is 24.7 Å². The van der Waals surface area contributed by atoms with E-state index < -0.39 is 0 Å². The van der Waals surface area contributed by atoms with E-state index in [1.807, 2.05) is 24.3 Å². The zero-order valence-corrected chi connectivity index (χ0v) is 12.3. The van der Waals surface area contributed by atoms with Crippen molar-refractivity contribution >= 4 is 17.5 Å². The highest BCUT2D eigenvalue weighted by molar-refractivity contribution is 6.30. The number of carbonyl (C=O) groups is 1. The maximum atomic E-state index is 11.9. The Kier molecular flexibility index (Phi) is 5.83. The largest absolute Gasteiger partial charge is 0.396 e. The first-order chi connectivity index (χ1) is 9.67. The molecule has 1 aliphatic heterocycles. The first-order valence-corrected chi connectivity index (χ1v) is 7.39. The van der Waals surface area contributed by atoms with Crippen molar-refractivity contribution in [3.63, 3.8) is 0 Å². The monoisotopic (exact) mass is 296 g/mol. The number of halogens is 1. The van der Waals surface area contributed by atoms with E-state index >= 15 is 0 Å². The fraction of sp³-hybridized carbons (Fsp3) is 0.533. The second-order valence-corrected chi connectivity index (χ2v) is 5.74. The fourth-order valence-corrected chi connectivity index (χ4v) is 2.66. The molecule has 0 aromatic heterocycles. The molecule has 0 radical (unpaired) electrons. The molecule has 2 rings (SSSR count). The first kappa shape index (κ1) is 15.3. The van der Waals surface area contributed by atoms with E-state index in [0.29, 0.717) is 24.0 Å². The van der Waals surface area contributed by atoms with Crippen molar-refractivity contribution in [1.82, 2.24) is 10.2 Å². The lowest BCUT2D eigenvalue weighted by molar-refractivity contribution is -0.122. The Labute approximate surface area is 124 Å². The number of rotatable bonds is 6. The smallest absolute Gasteiger partial charge is 0.234 e. The molecule has 4 nitrogen and oxygen atoms in total. The Morgan fingerprint density at radius 1 is 1.40 bits per heavy atom. The summed E-state index contributed by atoms with van der Waals surface area (Å²) in [6.07, 6.45) is 1.91. The zero-order chi connectivity index (χ0) is 14.4. The van der Waals surface area contributed by atoms with Gasteiger partial charge in [-0.3, -0.25) is 9.69 Å². The molecule has 0 saturated carbocycles. The SMILES string of the molecule is O=C(CN1CCC(CCO)C1)NCc1ccc(Cl)cc1. The first-order valence-electron chi connectivity index (χ1n) is 7.01. The van der Waals surface area contributed by atoms with Gasteiger partial charge in [-0.05, 0) is 43.0 Å². The molecule has 20 heavy (non-hydrogen) atoms. The quantitative estimate of drug-likeness (QED) is 0.839. The number of amides is 1. The van der Waals surface area contributed by atoms with Crippen molar-refractivity contribution in [3.8, 4) is 0 Å². The van der Waals surface area contributed by atoms with Crippen LogP contribution >= 0.6 is 11.6 Å². The summed E-state index contributed by atoms with van der Waals surface area (Å²) in [6, 6.07) is 7.47. The third kappa shape index (κ3) is 4.78. The molecular weight excluding hydrogens is 276 g/mol. The number of carbonyl (C=O) groups excluding carboxylic acids is 1. The number of likely N-dealkylation sites (tertiary alicyclic amines) is 1. The summed E-state index contributed by atoms with van der Waals surface area (Å²) in [5, 5.41) is 12.5. The van der Waals surface area contributed by atoms with Crippen LogP contribution in [-0.2, 0) is 11.3 Å². The Morgan fingerprint density at radius 2 is 2.15 bits per heavy atom. The third-order valence-corrected chi connectivity index (χ3v) is 3.93. The molecule has 5 heteroatoms. The molecule has 1 amide bonds. The molecule has 1 saturated heterocycles. The molecule has 2 N–H and O–H groups in total. The van der Waals surface area contributed by atoms with Gasteiger partial charge in [0.2, 0.25) is 5.91 Å². The lowest BCUT2D eigenvalue weighted by Crippen LogP contribution is -2.35. The van der Waals surface area contributed by atoms with Crippen molar-refractivity contribution in [3.05, 3.63) is 34.9 Å². The molecule has 0 bridgehead atoms. The predicted molar refractivity (Wildman–Crippen MR) is 79.5 cm³/mol. The number of hydrogen-bond donors (Lipinski definition) is 2. The molecule has 1 fully saturated rings. The summed E-state index contributed by atoms with van der Waals surface area (Å²) in [6.45, 7) is 3.06. The molecule has 1 aromatic rings. The minimum Gasteiger partial charge on any atom is -0.396 e. The van der Waals surface area contributed by atoms with Crippen LogP contribution in [0.3, 0.4) is 0 Å². The normalized spacial score (nSPS) is 19.2. The number of aliphatic hydroxyl groups excluding tert-OH is 1. The van der Waals surface area contributed by atoms with E-state index in [9.17, 15) is 4.79 Å². The maximum Gasteiger partial charge on any atom is 0.234 e. The van der Waals surface area contributed by atoms with E-state index in [2.05, 4.69) is 10.2 Å².